The highest BCUT2D eigenvalue weighted by molar-refractivity contribution is 5.84. The second-order valence-corrected chi connectivity index (χ2v) is 3.95. The Labute approximate surface area is 132 Å². The van der Waals surface area contributed by atoms with E-state index in [4.69, 9.17) is 0 Å². The largest absolute Gasteiger partial charge is 0.357 e. The van der Waals surface area contributed by atoms with Gasteiger partial charge in [-0.1, -0.05) is 33.8 Å². The van der Waals surface area contributed by atoms with E-state index in [1.54, 1.807) is 12.4 Å². The summed E-state index contributed by atoms with van der Waals surface area (Å²) in [6.07, 6.45) is 5.42. The van der Waals surface area contributed by atoms with E-state index >= 15 is 0 Å². The molecule has 0 fully saturated rings. The standard InChI is InChI=1S/C14H12N4.2C2H6/c1-15-14-17-9-12-8-11(2-3-13(12)18-14)10-4-6-16-7-5-10;2*1-2/h2-9H,1H3,(H,15,17,18);2*1-2H3. The van der Waals surface area contributed by atoms with E-state index in [0.29, 0.717) is 5.95 Å². The molecule has 2 heterocycles. The monoisotopic (exact) mass is 296 g/mol. The summed E-state index contributed by atoms with van der Waals surface area (Å²) in [6, 6.07) is 10.1. The van der Waals surface area contributed by atoms with Crippen LogP contribution in [0.15, 0.2) is 48.9 Å². The van der Waals surface area contributed by atoms with Gasteiger partial charge in [-0.25, -0.2) is 9.97 Å². The predicted octanol–water partition coefficient (Wildman–Crippen LogP) is 4.79. The first-order chi connectivity index (χ1) is 10.9. The van der Waals surface area contributed by atoms with Crippen LogP contribution in [0.5, 0.6) is 0 Å². The van der Waals surface area contributed by atoms with Gasteiger partial charge in [0.15, 0.2) is 0 Å². The Morgan fingerprint density at radius 1 is 0.864 bits per heavy atom. The van der Waals surface area contributed by atoms with Crippen molar-refractivity contribution in [2.24, 2.45) is 0 Å². The smallest absolute Gasteiger partial charge is 0.222 e. The molecule has 0 unspecified atom stereocenters. The second-order valence-electron chi connectivity index (χ2n) is 3.95. The van der Waals surface area contributed by atoms with Gasteiger partial charge in [0.1, 0.15) is 0 Å². The lowest BCUT2D eigenvalue weighted by Gasteiger charge is -2.04. The summed E-state index contributed by atoms with van der Waals surface area (Å²) in [6.45, 7) is 8.00. The van der Waals surface area contributed by atoms with Gasteiger partial charge in [0.05, 0.1) is 5.52 Å². The van der Waals surface area contributed by atoms with Gasteiger partial charge >= 0.3 is 0 Å². The Balaban J connectivity index is 0.000000561. The van der Waals surface area contributed by atoms with Crippen molar-refractivity contribution in [2.75, 3.05) is 12.4 Å². The van der Waals surface area contributed by atoms with Gasteiger partial charge in [0, 0.05) is 31.0 Å². The van der Waals surface area contributed by atoms with Crippen molar-refractivity contribution in [1.29, 1.82) is 0 Å². The topological polar surface area (TPSA) is 50.7 Å². The third-order valence-electron chi connectivity index (χ3n) is 2.82. The number of rotatable bonds is 2. The fraction of sp³-hybridized carbons (Fsp3) is 0.278. The van der Waals surface area contributed by atoms with E-state index in [0.717, 1.165) is 22.0 Å². The van der Waals surface area contributed by atoms with Crippen molar-refractivity contribution < 1.29 is 0 Å². The van der Waals surface area contributed by atoms with Crippen molar-refractivity contribution in [3.8, 4) is 11.1 Å². The Hall–Kier alpha value is -2.49. The zero-order valence-electron chi connectivity index (χ0n) is 14.0. The fourth-order valence-corrected chi connectivity index (χ4v) is 1.88. The lowest BCUT2D eigenvalue weighted by atomic mass is 10.1. The van der Waals surface area contributed by atoms with E-state index in [-0.39, 0.29) is 0 Å². The molecule has 1 aromatic carbocycles. The molecule has 4 nitrogen and oxygen atoms in total. The highest BCUT2D eigenvalue weighted by Crippen LogP contribution is 2.23. The lowest BCUT2D eigenvalue weighted by Crippen LogP contribution is -1.95. The normalized spacial score (nSPS) is 9.14. The molecule has 0 amide bonds. The third kappa shape index (κ3) is 4.25. The number of fused-ring (bicyclic) bond motifs is 1. The summed E-state index contributed by atoms with van der Waals surface area (Å²) in [5.74, 6) is 0.638. The Bertz CT molecular complexity index is 681. The quantitative estimate of drug-likeness (QED) is 0.739. The molecule has 0 radical (unpaired) electrons. The number of benzene rings is 1. The van der Waals surface area contributed by atoms with E-state index in [9.17, 15) is 0 Å². The van der Waals surface area contributed by atoms with Gasteiger partial charge in [-0.05, 0) is 35.4 Å². The van der Waals surface area contributed by atoms with Crippen molar-refractivity contribution in [1.82, 2.24) is 15.0 Å². The van der Waals surface area contributed by atoms with Crippen LogP contribution in [-0.4, -0.2) is 22.0 Å². The number of pyridine rings is 1. The molecule has 4 heteroatoms. The molecule has 0 aliphatic rings. The van der Waals surface area contributed by atoms with Crippen LogP contribution in [0.3, 0.4) is 0 Å². The molecule has 3 aromatic rings. The van der Waals surface area contributed by atoms with Gasteiger partial charge in [0.2, 0.25) is 5.95 Å². The maximum Gasteiger partial charge on any atom is 0.222 e. The summed E-state index contributed by atoms with van der Waals surface area (Å²) in [4.78, 5) is 12.6. The van der Waals surface area contributed by atoms with Gasteiger partial charge < -0.3 is 5.32 Å². The molecule has 2 aromatic heterocycles. The third-order valence-corrected chi connectivity index (χ3v) is 2.82. The summed E-state index contributed by atoms with van der Waals surface area (Å²) < 4.78 is 0. The molecule has 22 heavy (non-hydrogen) atoms. The molecule has 1 N–H and O–H groups in total. The van der Waals surface area contributed by atoms with Crippen LogP contribution in [0.2, 0.25) is 0 Å². The fourth-order valence-electron chi connectivity index (χ4n) is 1.88. The molecule has 0 bridgehead atoms. The number of nitrogens with zero attached hydrogens (tertiary/aromatic N) is 3. The lowest BCUT2D eigenvalue weighted by molar-refractivity contribution is 1.19. The summed E-state index contributed by atoms with van der Waals surface area (Å²) >= 11 is 0. The highest BCUT2D eigenvalue weighted by Gasteiger charge is 2.01. The van der Waals surface area contributed by atoms with E-state index in [1.807, 2.05) is 59.1 Å². The van der Waals surface area contributed by atoms with Crippen LogP contribution >= 0.6 is 0 Å². The highest BCUT2D eigenvalue weighted by atomic mass is 15.1. The zero-order valence-corrected chi connectivity index (χ0v) is 14.0. The maximum absolute atomic E-state index is 4.39. The Morgan fingerprint density at radius 3 is 2.18 bits per heavy atom. The SMILES string of the molecule is CC.CC.CNc1ncc2cc(-c3ccncc3)ccc2n1. The molecule has 116 valence electrons. The van der Waals surface area contributed by atoms with Crippen LogP contribution in [0.1, 0.15) is 27.7 Å². The summed E-state index contributed by atoms with van der Waals surface area (Å²) in [5, 5.41) is 3.97. The van der Waals surface area contributed by atoms with Crippen molar-refractivity contribution >= 4 is 16.9 Å². The number of nitrogens with one attached hydrogen (secondary N) is 1. The molecule has 0 atom stereocenters. The maximum atomic E-state index is 4.39. The van der Waals surface area contributed by atoms with Crippen LogP contribution in [-0.2, 0) is 0 Å². The predicted molar refractivity (Wildman–Crippen MR) is 95.0 cm³/mol. The zero-order chi connectivity index (χ0) is 16.4. The number of hydrogen-bond donors (Lipinski definition) is 1. The Morgan fingerprint density at radius 2 is 1.55 bits per heavy atom. The van der Waals surface area contributed by atoms with Crippen molar-refractivity contribution in [3.05, 3.63) is 48.9 Å². The van der Waals surface area contributed by atoms with Gasteiger partial charge in [0.25, 0.3) is 0 Å². The minimum absolute atomic E-state index is 0.638. The van der Waals surface area contributed by atoms with Crippen molar-refractivity contribution in [3.63, 3.8) is 0 Å². The summed E-state index contributed by atoms with van der Waals surface area (Å²) in [7, 11) is 1.81. The Kier molecular flexibility index (Phi) is 7.54. The van der Waals surface area contributed by atoms with Crippen LogP contribution < -0.4 is 5.32 Å². The average molecular weight is 296 g/mol. The van der Waals surface area contributed by atoms with Crippen LogP contribution in [0.25, 0.3) is 22.0 Å². The van der Waals surface area contributed by atoms with E-state index in [1.165, 1.54) is 0 Å². The van der Waals surface area contributed by atoms with Gasteiger partial charge in [-0.15, -0.1) is 0 Å². The molecular formula is C18H24N4. The molecule has 0 spiro atoms. The van der Waals surface area contributed by atoms with Crippen LogP contribution in [0.4, 0.5) is 5.95 Å². The number of aromatic nitrogens is 3. The first kappa shape index (κ1) is 17.6. The summed E-state index contributed by atoms with van der Waals surface area (Å²) in [5.41, 5.74) is 3.22. The molecule has 0 aliphatic heterocycles. The molecular weight excluding hydrogens is 272 g/mol. The van der Waals surface area contributed by atoms with Gasteiger partial charge in [-0.3, -0.25) is 4.98 Å². The van der Waals surface area contributed by atoms with Crippen molar-refractivity contribution in [2.45, 2.75) is 27.7 Å². The van der Waals surface area contributed by atoms with Crippen LogP contribution in [0, 0.1) is 0 Å². The molecule has 0 aliphatic carbocycles. The minimum atomic E-state index is 0.638. The first-order valence-electron chi connectivity index (χ1n) is 7.72. The van der Waals surface area contributed by atoms with E-state index in [2.05, 4.69) is 32.4 Å². The molecule has 0 saturated heterocycles. The van der Waals surface area contributed by atoms with Gasteiger partial charge in [-0.2, -0.15) is 0 Å². The minimum Gasteiger partial charge on any atom is -0.357 e. The average Bonchev–Trinajstić information content (AvgIpc) is 2.65. The molecule has 3 rings (SSSR count). The van der Waals surface area contributed by atoms with E-state index < -0.39 is 0 Å². The second kappa shape index (κ2) is 9.45. The first-order valence-corrected chi connectivity index (χ1v) is 7.72. The molecule has 0 saturated carbocycles. The number of anilines is 1. The number of hydrogen-bond acceptors (Lipinski definition) is 4.